The van der Waals surface area contributed by atoms with Gasteiger partial charge >= 0.3 is 0 Å². The Bertz CT molecular complexity index is 805. The summed E-state index contributed by atoms with van der Waals surface area (Å²) in [6.45, 7) is 6.26. The maximum atomic E-state index is 6.16. The first-order chi connectivity index (χ1) is 12.0. The van der Waals surface area contributed by atoms with Gasteiger partial charge in [0.15, 0.2) is 0 Å². The molecule has 3 aromatic carbocycles. The molecule has 0 aliphatic carbocycles. The van der Waals surface area contributed by atoms with Crippen molar-refractivity contribution >= 4 is 31.9 Å². The zero-order chi connectivity index (χ0) is 18.0. The number of ether oxygens (including phenoxy) is 1. The molecule has 0 spiro atoms. The third-order valence-electron chi connectivity index (χ3n) is 4.07. The van der Waals surface area contributed by atoms with E-state index in [0.717, 1.165) is 14.7 Å². The van der Waals surface area contributed by atoms with Crippen LogP contribution in [0.3, 0.4) is 0 Å². The van der Waals surface area contributed by atoms with Crippen molar-refractivity contribution < 1.29 is 4.74 Å². The Labute approximate surface area is 166 Å². The average Bonchev–Trinajstić information content (AvgIpc) is 2.60. The molecular formula is C22H20Br2O. The Morgan fingerprint density at radius 1 is 0.720 bits per heavy atom. The van der Waals surface area contributed by atoms with Crippen molar-refractivity contribution in [2.24, 2.45) is 0 Å². The van der Waals surface area contributed by atoms with Crippen molar-refractivity contribution in [1.82, 2.24) is 0 Å². The largest absolute Gasteiger partial charge is 0.489 e. The summed E-state index contributed by atoms with van der Waals surface area (Å²) in [5, 5.41) is 0. The molecule has 0 aliphatic heterocycles. The normalized spacial score (nSPS) is 11.0. The molecule has 0 aliphatic rings. The Kier molecular flexibility index (Phi) is 5.65. The van der Waals surface area contributed by atoms with Crippen molar-refractivity contribution in [1.29, 1.82) is 0 Å². The van der Waals surface area contributed by atoms with E-state index in [1.54, 1.807) is 0 Å². The van der Waals surface area contributed by atoms with Crippen LogP contribution in [-0.2, 0) is 0 Å². The van der Waals surface area contributed by atoms with Crippen molar-refractivity contribution in [2.75, 3.05) is 0 Å². The summed E-state index contributed by atoms with van der Waals surface area (Å²) in [5.74, 6) is 0.846. The Morgan fingerprint density at radius 3 is 1.48 bits per heavy atom. The lowest BCUT2D eigenvalue weighted by Crippen LogP contribution is -2.08. The van der Waals surface area contributed by atoms with E-state index in [1.165, 1.54) is 27.8 Å². The zero-order valence-corrected chi connectivity index (χ0v) is 17.7. The number of benzene rings is 3. The maximum absolute atomic E-state index is 6.16. The zero-order valence-electron chi connectivity index (χ0n) is 14.5. The van der Waals surface area contributed by atoms with Crippen LogP contribution in [0.15, 0.2) is 69.6 Å². The Morgan fingerprint density at radius 2 is 1.12 bits per heavy atom. The fourth-order valence-electron chi connectivity index (χ4n) is 3.01. The number of hydrogen-bond acceptors (Lipinski definition) is 1. The predicted octanol–water partition coefficient (Wildman–Crippen LogP) is 7.64. The topological polar surface area (TPSA) is 9.23 Å². The first-order valence-electron chi connectivity index (χ1n) is 8.29. The molecule has 0 heterocycles. The molecule has 0 amide bonds. The fourth-order valence-corrected chi connectivity index (χ4v) is 4.91. The van der Waals surface area contributed by atoms with E-state index in [4.69, 9.17) is 4.74 Å². The van der Waals surface area contributed by atoms with E-state index >= 15 is 0 Å². The van der Waals surface area contributed by atoms with Gasteiger partial charge in [-0.1, -0.05) is 60.7 Å². The molecule has 25 heavy (non-hydrogen) atoms. The molecule has 0 unspecified atom stereocenters. The van der Waals surface area contributed by atoms with Gasteiger partial charge < -0.3 is 4.74 Å². The summed E-state index contributed by atoms with van der Waals surface area (Å²) in [6, 6.07) is 20.9. The van der Waals surface area contributed by atoms with E-state index in [2.05, 4.69) is 87.3 Å². The molecule has 128 valence electrons. The second kappa shape index (κ2) is 7.76. The van der Waals surface area contributed by atoms with E-state index in [1.807, 2.05) is 26.0 Å². The smallest absolute Gasteiger partial charge is 0.149 e. The number of rotatable bonds is 4. The summed E-state index contributed by atoms with van der Waals surface area (Å²) in [5.41, 5.74) is 5.89. The van der Waals surface area contributed by atoms with Crippen molar-refractivity contribution in [3.8, 4) is 28.0 Å². The van der Waals surface area contributed by atoms with Crippen LogP contribution in [0.25, 0.3) is 22.3 Å². The average molecular weight is 460 g/mol. The molecular weight excluding hydrogens is 440 g/mol. The third-order valence-corrected chi connectivity index (χ3v) is 5.58. The second-order valence-corrected chi connectivity index (χ2v) is 7.82. The van der Waals surface area contributed by atoms with Crippen molar-refractivity contribution in [3.63, 3.8) is 0 Å². The summed E-state index contributed by atoms with van der Waals surface area (Å²) in [7, 11) is 0. The van der Waals surface area contributed by atoms with Gasteiger partial charge in [-0.15, -0.1) is 0 Å². The molecule has 0 saturated carbocycles. The maximum Gasteiger partial charge on any atom is 0.149 e. The van der Waals surface area contributed by atoms with Crippen molar-refractivity contribution in [3.05, 3.63) is 75.2 Å². The molecule has 1 nitrogen and oxygen atoms in total. The van der Waals surface area contributed by atoms with Crippen LogP contribution in [0, 0.1) is 6.92 Å². The molecule has 0 bridgehead atoms. The van der Waals surface area contributed by atoms with E-state index in [9.17, 15) is 0 Å². The highest BCUT2D eigenvalue weighted by atomic mass is 79.9. The van der Waals surface area contributed by atoms with Crippen LogP contribution in [-0.4, -0.2) is 6.10 Å². The minimum absolute atomic E-state index is 0.0857. The molecule has 3 heteroatoms. The van der Waals surface area contributed by atoms with Gasteiger partial charge in [0.05, 0.1) is 15.0 Å². The molecule has 0 saturated heterocycles. The molecule has 0 N–H and O–H groups in total. The van der Waals surface area contributed by atoms with Gasteiger partial charge in [0.1, 0.15) is 5.75 Å². The number of halogens is 2. The van der Waals surface area contributed by atoms with E-state index in [0.29, 0.717) is 0 Å². The Hall–Kier alpha value is -1.58. The highest BCUT2D eigenvalue weighted by Crippen LogP contribution is 2.49. The van der Waals surface area contributed by atoms with Crippen LogP contribution in [0.1, 0.15) is 19.4 Å². The molecule has 0 fully saturated rings. The third kappa shape index (κ3) is 3.68. The van der Waals surface area contributed by atoms with Gasteiger partial charge in [-0.25, -0.2) is 0 Å². The summed E-state index contributed by atoms with van der Waals surface area (Å²) < 4.78 is 8.13. The lowest BCUT2D eigenvalue weighted by molar-refractivity contribution is 0.239. The van der Waals surface area contributed by atoms with Gasteiger partial charge in [-0.05, 0) is 69.3 Å². The van der Waals surface area contributed by atoms with Crippen LogP contribution in [0.4, 0.5) is 0 Å². The number of hydrogen-bond donors (Lipinski definition) is 0. The quantitative estimate of drug-likeness (QED) is 0.389. The first-order valence-corrected chi connectivity index (χ1v) is 9.88. The standard InChI is InChI=1S/C22H20Br2O/c1-14(2)25-22-20(23)18(16-10-6-4-7-11-16)15(3)19(21(22)24)17-12-8-5-9-13-17/h4-14H,1-3H3. The molecule has 0 aromatic heterocycles. The van der Waals surface area contributed by atoms with Gasteiger partial charge in [0, 0.05) is 11.1 Å². The summed E-state index contributed by atoms with van der Waals surface area (Å²) >= 11 is 7.60. The second-order valence-electron chi connectivity index (χ2n) is 6.23. The van der Waals surface area contributed by atoms with E-state index in [-0.39, 0.29) is 6.10 Å². The highest BCUT2D eigenvalue weighted by molar-refractivity contribution is 9.11. The van der Waals surface area contributed by atoms with E-state index < -0.39 is 0 Å². The Balaban J connectivity index is 2.36. The molecule has 3 rings (SSSR count). The first kappa shape index (κ1) is 18.2. The minimum Gasteiger partial charge on any atom is -0.489 e. The molecule has 0 atom stereocenters. The van der Waals surface area contributed by atoms with Crippen molar-refractivity contribution in [2.45, 2.75) is 26.9 Å². The predicted molar refractivity (Wildman–Crippen MR) is 113 cm³/mol. The van der Waals surface area contributed by atoms with Crippen LogP contribution < -0.4 is 4.74 Å². The van der Waals surface area contributed by atoms with Crippen LogP contribution in [0.5, 0.6) is 5.75 Å². The fraction of sp³-hybridized carbons (Fsp3) is 0.182. The van der Waals surface area contributed by atoms with Gasteiger partial charge in [-0.2, -0.15) is 0 Å². The summed E-state index contributed by atoms with van der Waals surface area (Å²) in [6.07, 6.45) is 0.0857. The van der Waals surface area contributed by atoms with Gasteiger partial charge in [0.2, 0.25) is 0 Å². The van der Waals surface area contributed by atoms with Crippen LogP contribution in [0.2, 0.25) is 0 Å². The lowest BCUT2D eigenvalue weighted by Gasteiger charge is -2.22. The minimum atomic E-state index is 0.0857. The molecule has 3 aromatic rings. The van der Waals surface area contributed by atoms with Crippen LogP contribution >= 0.6 is 31.9 Å². The lowest BCUT2D eigenvalue weighted by atomic mass is 9.92. The highest BCUT2D eigenvalue weighted by Gasteiger charge is 2.22. The SMILES string of the molecule is Cc1c(-c2ccccc2)c(Br)c(OC(C)C)c(Br)c1-c1ccccc1. The summed E-state index contributed by atoms with van der Waals surface area (Å²) in [4.78, 5) is 0. The van der Waals surface area contributed by atoms with Gasteiger partial charge in [-0.3, -0.25) is 0 Å². The monoisotopic (exact) mass is 458 g/mol. The molecule has 0 radical (unpaired) electrons. The van der Waals surface area contributed by atoms with Gasteiger partial charge in [0.25, 0.3) is 0 Å².